The van der Waals surface area contributed by atoms with Crippen LogP contribution < -0.4 is 37.9 Å². The van der Waals surface area contributed by atoms with Crippen molar-refractivity contribution in [2.45, 2.75) is 209 Å². The summed E-state index contributed by atoms with van der Waals surface area (Å²) in [7, 11) is 5.62. The Morgan fingerprint density at radius 3 is 1.23 bits per heavy atom. The van der Waals surface area contributed by atoms with E-state index in [0.717, 1.165) is 99.8 Å². The molecular formula is C93H107N21O8. The van der Waals surface area contributed by atoms with Gasteiger partial charge in [-0.3, -0.25) is 19.2 Å². The lowest BCUT2D eigenvalue weighted by Crippen LogP contribution is -2.40. The molecule has 3 aromatic carbocycles. The minimum Gasteiger partial charge on any atom is -0.399 e. The molecule has 6 aliphatic carbocycles. The molecule has 1 amide bonds. The van der Waals surface area contributed by atoms with E-state index in [4.69, 9.17) is 29.8 Å². The number of hydrogen-bond donors (Lipinski definition) is 7. The Morgan fingerprint density at radius 1 is 0.516 bits per heavy atom. The number of carbonyl (C=O) groups excluding carboxylic acids is 1. The molecule has 0 aliphatic heterocycles. The molecule has 0 unspecified atom stereocenters. The molecule has 122 heavy (non-hydrogen) atoms. The third-order valence-electron chi connectivity index (χ3n) is 25.1. The Morgan fingerprint density at radius 2 is 0.885 bits per heavy atom. The van der Waals surface area contributed by atoms with Gasteiger partial charge < -0.3 is 46.3 Å². The summed E-state index contributed by atoms with van der Waals surface area (Å²) in [4.78, 5) is 101. The van der Waals surface area contributed by atoms with E-state index in [-0.39, 0.29) is 42.2 Å². The predicted molar refractivity (Wildman–Crippen MR) is 473 cm³/mol. The minimum atomic E-state index is -1.15. The van der Waals surface area contributed by atoms with Crippen molar-refractivity contribution < 1.29 is 25.0 Å². The number of fused-ring (bicyclic) bond motifs is 3. The monoisotopic (exact) mass is 1650 g/mol. The molecule has 0 atom stereocenters. The van der Waals surface area contributed by atoms with Crippen LogP contribution in [0.15, 0.2) is 203 Å². The van der Waals surface area contributed by atoms with E-state index in [2.05, 4.69) is 115 Å². The molecule has 0 saturated heterocycles. The first-order valence-electron chi connectivity index (χ1n) is 42.6. The van der Waals surface area contributed by atoms with Crippen molar-refractivity contribution in [2.75, 3.05) is 37.2 Å². The van der Waals surface area contributed by atoms with Crippen molar-refractivity contribution in [3.63, 3.8) is 0 Å². The summed E-state index contributed by atoms with van der Waals surface area (Å²) in [6.07, 6.45) is 29.4. The number of allylic oxidation sites excluding steroid dienone is 3. The van der Waals surface area contributed by atoms with Gasteiger partial charge in [0.05, 0.1) is 42.4 Å². The molecule has 9 heterocycles. The Hall–Kier alpha value is -12.4. The second-order valence-corrected chi connectivity index (χ2v) is 33.6. The third kappa shape index (κ3) is 17.6. The van der Waals surface area contributed by atoms with E-state index < -0.39 is 16.8 Å². The number of nitrogens with zero attached hydrogens (tertiary/aromatic N) is 17. The largest absolute Gasteiger partial charge is 0.399 e. The van der Waals surface area contributed by atoms with Gasteiger partial charge in [0.1, 0.15) is 40.1 Å². The number of hydrogen-bond acceptors (Lipinski definition) is 22. The van der Waals surface area contributed by atoms with Crippen molar-refractivity contribution in [1.82, 2.24) is 83.2 Å². The minimum absolute atomic E-state index is 0.219. The van der Waals surface area contributed by atoms with E-state index in [1.807, 2.05) is 79.7 Å². The van der Waals surface area contributed by atoms with Gasteiger partial charge in [0.25, 0.3) is 16.7 Å². The van der Waals surface area contributed by atoms with E-state index in [0.29, 0.717) is 147 Å². The van der Waals surface area contributed by atoms with E-state index in [1.165, 1.54) is 57.9 Å². The van der Waals surface area contributed by atoms with Crippen LogP contribution in [0, 0.1) is 5.92 Å². The van der Waals surface area contributed by atoms with Gasteiger partial charge in [0.15, 0.2) is 34.4 Å². The number of anilines is 6. The molecule has 0 radical (unpaired) electrons. The van der Waals surface area contributed by atoms with Crippen LogP contribution in [0.3, 0.4) is 0 Å². The summed E-state index contributed by atoms with van der Waals surface area (Å²) in [6, 6.07) is 42.5. The topological polar surface area (TPSA) is 348 Å². The molecule has 0 spiro atoms. The van der Waals surface area contributed by atoms with Gasteiger partial charge in [-0.25, -0.2) is 58.0 Å². The van der Waals surface area contributed by atoms with Gasteiger partial charge in [-0.1, -0.05) is 78.0 Å². The quantitative estimate of drug-likeness (QED) is 0.0206. The summed E-state index contributed by atoms with van der Waals surface area (Å²) in [6.45, 7) is 15.6. The molecule has 29 heteroatoms. The molecule has 632 valence electrons. The Bertz CT molecular complexity index is 6040. The molecule has 7 N–H and O–H groups in total. The molecule has 6 saturated carbocycles. The molecule has 6 fully saturated rings. The average Bonchev–Trinajstić information content (AvgIpc) is 1.61. The van der Waals surface area contributed by atoms with Gasteiger partial charge in [0, 0.05) is 60.7 Å². The number of oxime groups is 1. The zero-order chi connectivity index (χ0) is 85.0. The molecule has 18 rings (SSSR count). The first kappa shape index (κ1) is 83.2. The van der Waals surface area contributed by atoms with E-state index in [9.17, 15) is 34.5 Å². The maximum Gasteiger partial charge on any atom is 0.278 e. The van der Waals surface area contributed by atoms with E-state index in [1.54, 1.807) is 88.5 Å². The molecule has 6 aliphatic rings. The van der Waals surface area contributed by atoms with Crippen LogP contribution in [-0.4, -0.2) is 138 Å². The maximum absolute atomic E-state index is 13.3. The SMILES string of the molecule is C=CCn1c(=O)c2cnc(Nc3ccc(C4CCC(=NOC)CC4)cc3)nc2n1-c1cccc(C(C)(C)O)n1.C=CCn1c(=O)c2cnc(Nc3ccc(C4CCC(N(C)C(=O)C5CC5)CC4)cc3)nc2n1-c1cccc(C2(O)CCC2)n1.C=CCn1c(=O)c2cnc(Nc3ccc(C4CCC(NC)CC4)cc3)nc2n1-c1cccc(C2(O)CCC2)n1. The first-order chi connectivity index (χ1) is 59.1. The standard InChI is InChI=1S/C34H39N7O3.C30H35N7O2.C29H33N7O3/c1-3-20-40-32(43)27-21-35-33(38-30(27)41(40)29-7-4-6-28(37-29)34(44)18-5-19-34)36-25-14-10-22(11-15-25)23-12-16-26(17-13-23)39(2)31(42)24-8-9-24;1-3-18-36-28(38)24-19-32-29(33-23-14-10-21(11-15-23)20-8-12-22(31-2)13-9-20)35-27(24)37(36)26-7-4-6-25(34-26)30(39)16-5-17-30;1-5-17-35-27(37)23-18-30-28(33-26(23)36(35)25-8-6-7-24(32-25)29(2,3)38)31-21-13-9-19(10-14-21)20-11-15-22(16-12-20)34-39-4/h3-4,6-7,10-11,14-15,21,23-24,26,44H,1,5,8-9,12-13,16-20H2,2H3,(H,35,36,38);3-4,6-7,10-11,14-15,19-20,22,31,39H,1,5,8-9,12-13,16-18H2,2H3,(H,32,33,35);5-10,13-14,18,20,38H,1,11-12,15-17H2,2-4H3,(H,30,31,33). The van der Waals surface area contributed by atoms with Gasteiger partial charge in [-0.2, -0.15) is 15.0 Å². The fourth-order valence-electron chi connectivity index (χ4n) is 17.6. The lowest BCUT2D eigenvalue weighted by atomic mass is 9.77. The number of rotatable bonds is 25. The first-order valence-corrected chi connectivity index (χ1v) is 42.6. The second kappa shape index (κ2) is 35.7. The maximum atomic E-state index is 13.3. The predicted octanol–water partition coefficient (Wildman–Crippen LogP) is 14.5. The molecular weight excluding hydrogens is 1540 g/mol. The zero-order valence-electron chi connectivity index (χ0n) is 69.9. The molecule has 9 aromatic heterocycles. The zero-order valence-corrected chi connectivity index (χ0v) is 69.9. The smallest absolute Gasteiger partial charge is 0.278 e. The number of benzene rings is 3. The van der Waals surface area contributed by atoms with Gasteiger partial charge in [-0.05, 0) is 257 Å². The fraction of sp³-hybridized carbons (Fsp3) is 0.398. The second-order valence-electron chi connectivity index (χ2n) is 33.6. The highest BCUT2D eigenvalue weighted by atomic mass is 16.6. The van der Waals surface area contributed by atoms with Crippen LogP contribution in [0.4, 0.5) is 34.9 Å². The lowest BCUT2D eigenvalue weighted by Gasteiger charge is -2.36. The van der Waals surface area contributed by atoms with Crippen LogP contribution in [-0.2, 0) is 46.1 Å². The lowest BCUT2D eigenvalue weighted by molar-refractivity contribution is -0.134. The molecule has 0 bridgehead atoms. The third-order valence-corrected chi connectivity index (χ3v) is 25.1. The van der Waals surface area contributed by atoms with Crippen molar-refractivity contribution in [1.29, 1.82) is 0 Å². The number of amides is 1. The summed E-state index contributed by atoms with van der Waals surface area (Å²) in [5.41, 5.74) is 6.94. The highest BCUT2D eigenvalue weighted by Crippen LogP contribution is 2.43. The number of aromatic nitrogens is 15. The Kier molecular flexibility index (Phi) is 24.4. The summed E-state index contributed by atoms with van der Waals surface area (Å²) in [5, 5.41) is 50.8. The summed E-state index contributed by atoms with van der Waals surface area (Å²) < 4.78 is 9.62. The normalized spacial score (nSPS) is 19.2. The number of aliphatic hydroxyl groups is 3. The number of carbonyl (C=O) groups is 1. The van der Waals surface area contributed by atoms with Crippen molar-refractivity contribution >= 4 is 79.6 Å². The van der Waals surface area contributed by atoms with E-state index >= 15 is 0 Å². The van der Waals surface area contributed by atoms with Crippen LogP contribution in [0.5, 0.6) is 0 Å². The van der Waals surface area contributed by atoms with Gasteiger partial charge in [-0.15, -0.1) is 19.7 Å². The van der Waals surface area contributed by atoms with Crippen LogP contribution in [0.25, 0.3) is 50.6 Å². The highest BCUT2D eigenvalue weighted by Gasteiger charge is 2.40. The summed E-state index contributed by atoms with van der Waals surface area (Å²) in [5.74, 6) is 4.78. The summed E-state index contributed by atoms with van der Waals surface area (Å²) >= 11 is 0. The number of pyridine rings is 3. The van der Waals surface area contributed by atoms with Crippen LogP contribution in [0.1, 0.15) is 194 Å². The number of nitrogens with one attached hydrogen (secondary N) is 4. The van der Waals surface area contributed by atoms with Gasteiger partial charge >= 0.3 is 0 Å². The Labute approximate surface area is 707 Å². The fourth-order valence-corrected chi connectivity index (χ4v) is 17.6. The van der Waals surface area contributed by atoms with Crippen molar-refractivity contribution in [3.05, 3.63) is 249 Å². The molecule has 12 aromatic rings. The average molecular weight is 1650 g/mol. The van der Waals surface area contributed by atoms with Crippen LogP contribution in [0.2, 0.25) is 0 Å². The van der Waals surface area contributed by atoms with Crippen molar-refractivity contribution in [2.24, 2.45) is 11.1 Å². The van der Waals surface area contributed by atoms with Gasteiger partial charge in [0.2, 0.25) is 23.8 Å². The highest BCUT2D eigenvalue weighted by molar-refractivity contribution is 5.85. The van der Waals surface area contributed by atoms with Crippen molar-refractivity contribution in [3.8, 4) is 17.5 Å². The Balaban J connectivity index is 0.000000136. The van der Waals surface area contributed by atoms with Crippen LogP contribution >= 0.6 is 0 Å². The molecule has 29 nitrogen and oxygen atoms in total.